The summed E-state index contributed by atoms with van der Waals surface area (Å²) in [5, 5.41) is 6.82. The lowest BCUT2D eigenvalue weighted by atomic mass is 9.83. The van der Waals surface area contributed by atoms with Gasteiger partial charge in [0.25, 0.3) is 0 Å². The first kappa shape index (κ1) is 7.56. The van der Waals surface area contributed by atoms with E-state index in [4.69, 9.17) is 0 Å². The molecule has 2 nitrogen and oxygen atoms in total. The molecule has 0 aromatic carbocycles. The van der Waals surface area contributed by atoms with Gasteiger partial charge in [0.1, 0.15) is 0 Å². The van der Waals surface area contributed by atoms with Crippen LogP contribution in [0.4, 0.5) is 0 Å². The van der Waals surface area contributed by atoms with E-state index >= 15 is 0 Å². The monoisotopic (exact) mass is 154 g/mol. The summed E-state index contributed by atoms with van der Waals surface area (Å²) < 4.78 is 0. The Balaban J connectivity index is 1.46. The van der Waals surface area contributed by atoms with Gasteiger partial charge in [-0.05, 0) is 18.9 Å². The second kappa shape index (κ2) is 3.55. The third-order valence-electron chi connectivity index (χ3n) is 2.99. The highest BCUT2D eigenvalue weighted by molar-refractivity contribution is 4.82. The van der Waals surface area contributed by atoms with E-state index in [1.165, 1.54) is 45.3 Å². The SMILES string of the molecule is C1CC(CCNC2CNC2)C1. The minimum absolute atomic E-state index is 0.787. The molecule has 1 saturated carbocycles. The van der Waals surface area contributed by atoms with Crippen LogP contribution >= 0.6 is 0 Å². The molecule has 0 unspecified atom stereocenters. The van der Waals surface area contributed by atoms with Crippen LogP contribution in [0.2, 0.25) is 0 Å². The van der Waals surface area contributed by atoms with E-state index in [1.54, 1.807) is 0 Å². The molecule has 1 aliphatic carbocycles. The fourth-order valence-electron chi connectivity index (χ4n) is 1.71. The summed E-state index contributed by atoms with van der Waals surface area (Å²) >= 11 is 0. The Bertz CT molecular complexity index is 103. The van der Waals surface area contributed by atoms with Crippen molar-refractivity contribution >= 4 is 0 Å². The van der Waals surface area contributed by atoms with Crippen LogP contribution in [0.1, 0.15) is 25.7 Å². The van der Waals surface area contributed by atoms with Crippen LogP contribution in [0.3, 0.4) is 0 Å². The maximum absolute atomic E-state index is 3.56. The van der Waals surface area contributed by atoms with Crippen LogP contribution in [0.5, 0.6) is 0 Å². The maximum atomic E-state index is 3.56. The molecule has 2 heteroatoms. The highest BCUT2D eigenvalue weighted by atomic mass is 15.1. The van der Waals surface area contributed by atoms with Crippen molar-refractivity contribution in [3.63, 3.8) is 0 Å². The van der Waals surface area contributed by atoms with Crippen molar-refractivity contribution in [3.8, 4) is 0 Å². The summed E-state index contributed by atoms with van der Waals surface area (Å²) in [4.78, 5) is 0. The lowest BCUT2D eigenvalue weighted by molar-refractivity contribution is 0.276. The van der Waals surface area contributed by atoms with Gasteiger partial charge in [-0.3, -0.25) is 0 Å². The molecule has 0 atom stereocenters. The van der Waals surface area contributed by atoms with Crippen molar-refractivity contribution in [3.05, 3.63) is 0 Å². The molecule has 2 fully saturated rings. The average molecular weight is 154 g/mol. The third-order valence-corrected chi connectivity index (χ3v) is 2.99. The minimum Gasteiger partial charge on any atom is -0.314 e. The van der Waals surface area contributed by atoms with Crippen molar-refractivity contribution < 1.29 is 0 Å². The van der Waals surface area contributed by atoms with Gasteiger partial charge in [0.2, 0.25) is 0 Å². The molecule has 0 radical (unpaired) electrons. The first-order valence-electron chi connectivity index (χ1n) is 4.89. The van der Waals surface area contributed by atoms with Gasteiger partial charge in [-0.1, -0.05) is 19.3 Å². The van der Waals surface area contributed by atoms with Crippen LogP contribution in [-0.2, 0) is 0 Å². The Labute approximate surface area is 68.7 Å². The van der Waals surface area contributed by atoms with E-state index < -0.39 is 0 Å². The number of hydrogen-bond acceptors (Lipinski definition) is 2. The molecule has 0 spiro atoms. The fourth-order valence-corrected chi connectivity index (χ4v) is 1.71. The first-order valence-corrected chi connectivity index (χ1v) is 4.89. The van der Waals surface area contributed by atoms with Gasteiger partial charge in [0.05, 0.1) is 0 Å². The molecule has 1 aliphatic heterocycles. The number of rotatable bonds is 4. The molecule has 64 valence electrons. The smallest absolute Gasteiger partial charge is 0.0317 e. The highest BCUT2D eigenvalue weighted by Crippen LogP contribution is 2.28. The van der Waals surface area contributed by atoms with Crippen molar-refractivity contribution in [2.75, 3.05) is 19.6 Å². The van der Waals surface area contributed by atoms with Crippen LogP contribution in [0, 0.1) is 5.92 Å². The zero-order chi connectivity index (χ0) is 7.52. The van der Waals surface area contributed by atoms with Crippen molar-refractivity contribution in [2.24, 2.45) is 5.92 Å². The van der Waals surface area contributed by atoms with E-state index in [9.17, 15) is 0 Å². The zero-order valence-corrected chi connectivity index (χ0v) is 7.10. The molecule has 0 aromatic rings. The van der Waals surface area contributed by atoms with E-state index in [-0.39, 0.29) is 0 Å². The van der Waals surface area contributed by atoms with Crippen LogP contribution in [0.25, 0.3) is 0 Å². The van der Waals surface area contributed by atoms with Crippen molar-refractivity contribution in [1.82, 2.24) is 10.6 Å². The van der Waals surface area contributed by atoms with Gasteiger partial charge < -0.3 is 10.6 Å². The molecule has 11 heavy (non-hydrogen) atoms. The lowest BCUT2D eigenvalue weighted by Crippen LogP contribution is -2.55. The predicted octanol–water partition coefficient (Wildman–Crippen LogP) is 0.738. The largest absolute Gasteiger partial charge is 0.314 e. The molecule has 1 saturated heterocycles. The summed E-state index contributed by atoms with van der Waals surface area (Å²) in [5.41, 5.74) is 0. The topological polar surface area (TPSA) is 24.1 Å². The average Bonchev–Trinajstić information content (AvgIpc) is 1.79. The molecule has 2 aliphatic rings. The van der Waals surface area contributed by atoms with Crippen molar-refractivity contribution in [1.29, 1.82) is 0 Å². The van der Waals surface area contributed by atoms with Crippen molar-refractivity contribution in [2.45, 2.75) is 31.7 Å². The standard InChI is InChI=1S/C9H18N2/c1-2-8(3-1)4-5-11-9-6-10-7-9/h8-11H,1-7H2. The zero-order valence-electron chi connectivity index (χ0n) is 7.10. The summed E-state index contributed by atoms with van der Waals surface area (Å²) in [6, 6.07) is 0.787. The van der Waals surface area contributed by atoms with Crippen LogP contribution in [0.15, 0.2) is 0 Å². The van der Waals surface area contributed by atoms with Gasteiger partial charge >= 0.3 is 0 Å². The molecular formula is C9H18N2. The molecule has 0 bridgehead atoms. The Kier molecular flexibility index (Phi) is 2.44. The molecule has 2 rings (SSSR count). The second-order valence-corrected chi connectivity index (χ2v) is 3.89. The number of nitrogens with one attached hydrogen (secondary N) is 2. The summed E-state index contributed by atoms with van der Waals surface area (Å²) in [7, 11) is 0. The Morgan fingerprint density at radius 3 is 2.55 bits per heavy atom. The van der Waals surface area contributed by atoms with E-state index in [1.807, 2.05) is 0 Å². The third kappa shape index (κ3) is 1.94. The minimum atomic E-state index is 0.787. The normalized spacial score (nSPS) is 26.2. The summed E-state index contributed by atoms with van der Waals surface area (Å²) in [5.74, 6) is 1.07. The fraction of sp³-hybridized carbons (Fsp3) is 1.00. The van der Waals surface area contributed by atoms with Gasteiger partial charge in [0, 0.05) is 19.1 Å². The lowest BCUT2D eigenvalue weighted by Gasteiger charge is -2.30. The van der Waals surface area contributed by atoms with Crippen LogP contribution < -0.4 is 10.6 Å². The number of hydrogen-bond donors (Lipinski definition) is 2. The van der Waals surface area contributed by atoms with E-state index in [0.717, 1.165) is 12.0 Å². The van der Waals surface area contributed by atoms with Gasteiger partial charge in [-0.25, -0.2) is 0 Å². The Hall–Kier alpha value is -0.0800. The molecular weight excluding hydrogens is 136 g/mol. The first-order chi connectivity index (χ1) is 5.45. The summed E-state index contributed by atoms with van der Waals surface area (Å²) in [6.07, 6.45) is 5.88. The van der Waals surface area contributed by atoms with E-state index in [0.29, 0.717) is 0 Å². The molecule has 2 N–H and O–H groups in total. The highest BCUT2D eigenvalue weighted by Gasteiger charge is 2.19. The van der Waals surface area contributed by atoms with Gasteiger partial charge in [-0.2, -0.15) is 0 Å². The van der Waals surface area contributed by atoms with E-state index in [2.05, 4.69) is 10.6 Å². The Morgan fingerprint density at radius 1 is 1.27 bits per heavy atom. The molecule has 0 amide bonds. The van der Waals surface area contributed by atoms with Crippen LogP contribution in [-0.4, -0.2) is 25.7 Å². The van der Waals surface area contributed by atoms with Gasteiger partial charge in [0.15, 0.2) is 0 Å². The Morgan fingerprint density at radius 2 is 2.09 bits per heavy atom. The van der Waals surface area contributed by atoms with Gasteiger partial charge in [-0.15, -0.1) is 0 Å². The maximum Gasteiger partial charge on any atom is 0.0317 e. The summed E-state index contributed by atoms with van der Waals surface area (Å²) in [6.45, 7) is 3.62. The molecule has 0 aromatic heterocycles. The quantitative estimate of drug-likeness (QED) is 0.624. The second-order valence-electron chi connectivity index (χ2n) is 3.89. The molecule has 1 heterocycles. The predicted molar refractivity (Wildman–Crippen MR) is 46.6 cm³/mol.